The highest BCUT2D eigenvalue weighted by molar-refractivity contribution is 6.33. The van der Waals surface area contributed by atoms with Crippen molar-refractivity contribution in [2.45, 2.75) is 0 Å². The molecule has 2 aliphatic heterocycles. The van der Waals surface area contributed by atoms with Gasteiger partial charge in [-0.1, -0.05) is 30.3 Å². The van der Waals surface area contributed by atoms with Gasteiger partial charge in [-0.15, -0.1) is 0 Å². The Morgan fingerprint density at radius 3 is 1.93 bits per heavy atom. The fourth-order valence-corrected chi connectivity index (χ4v) is 2.89. The van der Waals surface area contributed by atoms with Crippen molar-refractivity contribution in [3.63, 3.8) is 0 Å². The van der Waals surface area contributed by atoms with Gasteiger partial charge < -0.3 is 10.5 Å². The Morgan fingerprint density at radius 2 is 1.43 bits per heavy atom. The Bertz CT molecular complexity index is 1020. The lowest BCUT2D eigenvalue weighted by atomic mass is 10.1. The van der Waals surface area contributed by atoms with Gasteiger partial charge in [-0.05, 0) is 29.8 Å². The summed E-state index contributed by atoms with van der Waals surface area (Å²) in [4.78, 5) is 47.8. The minimum absolute atomic E-state index is 0.0789. The number of carbonyl (C=O) groups is 4. The number of imide groups is 2. The van der Waals surface area contributed by atoms with Crippen LogP contribution in [-0.2, 0) is 19.2 Å². The van der Waals surface area contributed by atoms with Crippen LogP contribution in [0, 0.1) is 0 Å². The molecule has 4 rings (SSSR count). The lowest BCUT2D eigenvalue weighted by Crippen LogP contribution is -2.35. The number of anilines is 1. The van der Waals surface area contributed by atoms with Gasteiger partial charge in [0.2, 0.25) is 0 Å². The SMILES string of the molecule is COc1ccc(N2C(=O)C=CC2=O)cc1.NCN1C(=O)C=C(c2ccccc2)C1=O. The normalized spacial score (nSPS) is 15.3. The van der Waals surface area contributed by atoms with Gasteiger partial charge in [-0.25, -0.2) is 4.90 Å². The fraction of sp³-hybridized carbons (Fsp3) is 0.0909. The number of nitrogens with zero attached hydrogens (tertiary/aromatic N) is 2. The van der Waals surface area contributed by atoms with Gasteiger partial charge in [0.1, 0.15) is 5.75 Å². The zero-order chi connectivity index (χ0) is 21.7. The maximum atomic E-state index is 11.7. The molecule has 2 aromatic carbocycles. The average molecular weight is 405 g/mol. The summed E-state index contributed by atoms with van der Waals surface area (Å²) >= 11 is 0. The quantitative estimate of drug-likeness (QED) is 0.772. The van der Waals surface area contributed by atoms with E-state index in [1.807, 2.05) is 18.2 Å². The second-order valence-corrected chi connectivity index (χ2v) is 6.22. The largest absolute Gasteiger partial charge is 0.497 e. The molecule has 8 heteroatoms. The third kappa shape index (κ3) is 4.18. The van der Waals surface area contributed by atoms with E-state index in [1.165, 1.54) is 18.2 Å². The van der Waals surface area contributed by atoms with Gasteiger partial charge in [0, 0.05) is 18.2 Å². The summed E-state index contributed by atoms with van der Waals surface area (Å²) in [5.41, 5.74) is 7.01. The molecule has 8 nitrogen and oxygen atoms in total. The lowest BCUT2D eigenvalue weighted by Gasteiger charge is -2.13. The summed E-state index contributed by atoms with van der Waals surface area (Å²) in [6.07, 6.45) is 3.84. The second-order valence-electron chi connectivity index (χ2n) is 6.22. The van der Waals surface area contributed by atoms with Crippen molar-refractivity contribution in [3.8, 4) is 5.75 Å². The van der Waals surface area contributed by atoms with Crippen LogP contribution in [0.3, 0.4) is 0 Å². The number of amides is 4. The van der Waals surface area contributed by atoms with Crippen molar-refractivity contribution in [1.82, 2.24) is 4.90 Å². The highest BCUT2D eigenvalue weighted by atomic mass is 16.5. The predicted molar refractivity (Wildman–Crippen MR) is 110 cm³/mol. The van der Waals surface area contributed by atoms with Crippen LogP contribution in [0.1, 0.15) is 5.56 Å². The highest BCUT2D eigenvalue weighted by Crippen LogP contribution is 2.23. The zero-order valence-corrected chi connectivity index (χ0v) is 16.1. The van der Waals surface area contributed by atoms with Crippen molar-refractivity contribution < 1.29 is 23.9 Å². The first kappa shape index (κ1) is 20.7. The lowest BCUT2D eigenvalue weighted by molar-refractivity contribution is -0.136. The first-order valence-corrected chi connectivity index (χ1v) is 8.99. The van der Waals surface area contributed by atoms with Gasteiger partial charge >= 0.3 is 0 Å². The number of methoxy groups -OCH3 is 1. The van der Waals surface area contributed by atoms with E-state index < -0.39 is 0 Å². The topological polar surface area (TPSA) is 110 Å². The summed E-state index contributed by atoms with van der Waals surface area (Å²) < 4.78 is 4.98. The van der Waals surface area contributed by atoms with Crippen LogP contribution in [0.2, 0.25) is 0 Å². The van der Waals surface area contributed by atoms with E-state index in [4.69, 9.17) is 10.5 Å². The van der Waals surface area contributed by atoms with E-state index in [0.717, 1.165) is 15.4 Å². The number of nitrogens with two attached hydrogens (primary N) is 1. The maximum Gasteiger partial charge on any atom is 0.262 e. The molecular formula is C22H19N3O5. The van der Waals surface area contributed by atoms with Gasteiger partial charge in [0.15, 0.2) is 0 Å². The van der Waals surface area contributed by atoms with Crippen LogP contribution in [0.25, 0.3) is 5.57 Å². The van der Waals surface area contributed by atoms with Crippen LogP contribution in [0.4, 0.5) is 5.69 Å². The molecule has 0 aliphatic carbocycles. The van der Waals surface area contributed by atoms with Crippen LogP contribution in [0.15, 0.2) is 72.8 Å². The first-order chi connectivity index (χ1) is 14.5. The maximum absolute atomic E-state index is 11.7. The molecule has 152 valence electrons. The molecule has 0 fully saturated rings. The fourth-order valence-electron chi connectivity index (χ4n) is 2.89. The Labute approximate surface area is 172 Å². The molecule has 0 atom stereocenters. The van der Waals surface area contributed by atoms with E-state index >= 15 is 0 Å². The van der Waals surface area contributed by atoms with Crippen molar-refractivity contribution in [3.05, 3.63) is 78.4 Å². The summed E-state index contributed by atoms with van der Waals surface area (Å²) in [5, 5.41) is 0. The predicted octanol–water partition coefficient (Wildman–Crippen LogP) is 1.48. The van der Waals surface area contributed by atoms with Crippen LogP contribution >= 0.6 is 0 Å². The summed E-state index contributed by atoms with van der Waals surface area (Å²) in [5.74, 6) is -0.615. The van der Waals surface area contributed by atoms with E-state index in [1.54, 1.807) is 43.5 Å². The molecule has 2 heterocycles. The standard InChI is InChI=1S/C11H10N2O2.C11H9NO3/c12-7-13-10(14)6-9(11(13)15)8-4-2-1-3-5-8;1-15-9-4-2-8(3-5-9)12-10(13)6-7-11(12)14/h1-6H,7,12H2;2-7H,1H3. The molecule has 0 bridgehead atoms. The number of carbonyl (C=O) groups excluding carboxylic acids is 4. The third-order valence-corrected chi connectivity index (χ3v) is 4.42. The summed E-state index contributed by atoms with van der Waals surface area (Å²) in [7, 11) is 1.56. The van der Waals surface area contributed by atoms with Crippen molar-refractivity contribution in [2.75, 3.05) is 18.7 Å². The molecule has 0 saturated heterocycles. The molecule has 0 unspecified atom stereocenters. The van der Waals surface area contributed by atoms with E-state index in [2.05, 4.69) is 0 Å². The van der Waals surface area contributed by atoms with Gasteiger partial charge in [0.05, 0.1) is 25.0 Å². The van der Waals surface area contributed by atoms with E-state index in [-0.39, 0.29) is 30.3 Å². The van der Waals surface area contributed by atoms with E-state index in [9.17, 15) is 19.2 Å². The number of hydrogen-bond donors (Lipinski definition) is 1. The molecule has 0 spiro atoms. The number of ether oxygens (including phenoxy) is 1. The summed E-state index contributed by atoms with van der Waals surface area (Å²) in [6, 6.07) is 15.8. The molecular weight excluding hydrogens is 386 g/mol. The second kappa shape index (κ2) is 8.97. The average Bonchev–Trinajstić information content (AvgIpc) is 3.26. The highest BCUT2D eigenvalue weighted by Gasteiger charge is 2.30. The molecule has 0 aromatic heterocycles. The Hall–Kier alpha value is -4.04. The summed E-state index contributed by atoms with van der Waals surface area (Å²) in [6.45, 7) is -0.0789. The third-order valence-electron chi connectivity index (χ3n) is 4.42. The van der Waals surface area contributed by atoms with Crippen LogP contribution in [0.5, 0.6) is 5.75 Å². The zero-order valence-electron chi connectivity index (χ0n) is 16.1. The molecule has 2 aromatic rings. The molecule has 30 heavy (non-hydrogen) atoms. The first-order valence-electron chi connectivity index (χ1n) is 8.99. The molecule has 0 saturated carbocycles. The number of benzene rings is 2. The van der Waals surface area contributed by atoms with Crippen molar-refractivity contribution in [2.24, 2.45) is 5.73 Å². The van der Waals surface area contributed by atoms with E-state index in [0.29, 0.717) is 17.0 Å². The van der Waals surface area contributed by atoms with Gasteiger partial charge in [-0.3, -0.25) is 24.1 Å². The smallest absolute Gasteiger partial charge is 0.262 e. The van der Waals surface area contributed by atoms with Crippen molar-refractivity contribution >= 4 is 34.9 Å². The number of rotatable bonds is 4. The Balaban J connectivity index is 0.000000171. The Kier molecular flexibility index (Phi) is 6.19. The molecule has 4 amide bonds. The van der Waals surface area contributed by atoms with Crippen LogP contribution in [-0.4, -0.2) is 42.3 Å². The molecule has 2 aliphatic rings. The molecule has 2 N–H and O–H groups in total. The van der Waals surface area contributed by atoms with Crippen molar-refractivity contribution in [1.29, 1.82) is 0 Å². The van der Waals surface area contributed by atoms with Gasteiger partial charge in [-0.2, -0.15) is 0 Å². The minimum Gasteiger partial charge on any atom is -0.497 e. The van der Waals surface area contributed by atoms with Gasteiger partial charge in [0.25, 0.3) is 23.6 Å². The Morgan fingerprint density at radius 1 is 0.833 bits per heavy atom. The minimum atomic E-state index is -0.346. The van der Waals surface area contributed by atoms with Crippen LogP contribution < -0.4 is 15.4 Å². The number of hydrogen-bond acceptors (Lipinski definition) is 6. The molecule has 0 radical (unpaired) electrons. The monoisotopic (exact) mass is 405 g/mol.